The number of hydrogen-bond donors (Lipinski definition) is 1. The van der Waals surface area contributed by atoms with E-state index in [9.17, 15) is 0 Å². The second-order valence-corrected chi connectivity index (χ2v) is 3.92. The molecule has 1 heteroatoms. The van der Waals surface area contributed by atoms with Crippen molar-refractivity contribution in [2.24, 2.45) is 0 Å². The van der Waals surface area contributed by atoms with E-state index in [0.29, 0.717) is 0 Å². The van der Waals surface area contributed by atoms with Gasteiger partial charge in [-0.3, -0.25) is 0 Å². The van der Waals surface area contributed by atoms with Crippen molar-refractivity contribution in [3.63, 3.8) is 0 Å². The number of unbranched alkanes of at least 4 members (excludes halogenated alkanes) is 3. The first-order valence-electron chi connectivity index (χ1n) is 6.08. The molecular formula is C15H25N. The van der Waals surface area contributed by atoms with Crippen molar-refractivity contribution in [1.29, 1.82) is 0 Å². The standard InChI is InChI=1S/C15H25N/c1-5-7-8-9-10-11-13-15(4)16-14(3)12-6-2/h5-7,12,16H,3-4,8-11,13H2,1-2H3/b7-5-,12-6-. The predicted octanol–water partition coefficient (Wildman–Crippen LogP) is 4.71. The van der Waals surface area contributed by atoms with E-state index in [0.717, 1.165) is 17.8 Å². The third kappa shape index (κ3) is 9.32. The molecule has 0 aromatic carbocycles. The SMILES string of the molecule is C=C(/C=C\C)NC(=C)CCCCC/C=C\C. The molecule has 0 saturated heterocycles. The lowest BCUT2D eigenvalue weighted by Crippen LogP contribution is -2.09. The average Bonchev–Trinajstić information content (AvgIpc) is 2.23. The molecule has 0 rings (SSSR count). The Morgan fingerprint density at radius 1 is 1.06 bits per heavy atom. The molecule has 16 heavy (non-hydrogen) atoms. The fraction of sp³-hybridized carbons (Fsp3) is 0.467. The van der Waals surface area contributed by atoms with E-state index >= 15 is 0 Å². The van der Waals surface area contributed by atoms with Crippen LogP contribution < -0.4 is 5.32 Å². The third-order valence-corrected chi connectivity index (χ3v) is 2.29. The monoisotopic (exact) mass is 219 g/mol. The summed E-state index contributed by atoms with van der Waals surface area (Å²) < 4.78 is 0. The summed E-state index contributed by atoms with van der Waals surface area (Å²) in [6.07, 6.45) is 14.2. The fourth-order valence-electron chi connectivity index (χ4n) is 1.48. The minimum Gasteiger partial charge on any atom is -0.360 e. The normalized spacial score (nSPS) is 11.1. The van der Waals surface area contributed by atoms with E-state index < -0.39 is 0 Å². The Balaban J connectivity index is 3.47. The maximum Gasteiger partial charge on any atom is 0.0305 e. The van der Waals surface area contributed by atoms with Crippen LogP contribution in [-0.2, 0) is 0 Å². The molecule has 0 radical (unpaired) electrons. The largest absolute Gasteiger partial charge is 0.360 e. The molecule has 0 fully saturated rings. The van der Waals surface area contributed by atoms with E-state index in [1.807, 2.05) is 19.1 Å². The second kappa shape index (κ2) is 10.3. The van der Waals surface area contributed by atoms with Crippen LogP contribution in [0.2, 0.25) is 0 Å². The molecule has 0 atom stereocenters. The summed E-state index contributed by atoms with van der Waals surface area (Å²) in [6.45, 7) is 11.9. The minimum atomic E-state index is 0.918. The van der Waals surface area contributed by atoms with Crippen molar-refractivity contribution in [2.75, 3.05) is 0 Å². The highest BCUT2D eigenvalue weighted by molar-refractivity contribution is 5.16. The van der Waals surface area contributed by atoms with Crippen molar-refractivity contribution in [2.45, 2.75) is 46.0 Å². The van der Waals surface area contributed by atoms with Crippen LogP contribution in [0.4, 0.5) is 0 Å². The quantitative estimate of drug-likeness (QED) is 0.336. The number of nitrogens with one attached hydrogen (secondary N) is 1. The van der Waals surface area contributed by atoms with Crippen molar-refractivity contribution in [1.82, 2.24) is 5.32 Å². The lowest BCUT2D eigenvalue weighted by Gasteiger charge is -2.08. The first-order chi connectivity index (χ1) is 7.70. The Kier molecular flexibility index (Phi) is 9.49. The molecule has 0 bridgehead atoms. The number of hydrogen-bond acceptors (Lipinski definition) is 1. The van der Waals surface area contributed by atoms with Crippen LogP contribution >= 0.6 is 0 Å². The summed E-state index contributed by atoms with van der Waals surface area (Å²) in [5.41, 5.74) is 1.98. The number of allylic oxidation sites excluding steroid dienone is 5. The van der Waals surface area contributed by atoms with Gasteiger partial charge in [0, 0.05) is 11.4 Å². The molecule has 0 unspecified atom stereocenters. The number of rotatable bonds is 9. The lowest BCUT2D eigenvalue weighted by molar-refractivity contribution is 0.669. The predicted molar refractivity (Wildman–Crippen MR) is 74.1 cm³/mol. The Hall–Kier alpha value is -1.24. The van der Waals surface area contributed by atoms with Gasteiger partial charge in [0.25, 0.3) is 0 Å². The van der Waals surface area contributed by atoms with Crippen LogP contribution in [0.3, 0.4) is 0 Å². The van der Waals surface area contributed by atoms with Crippen molar-refractivity contribution >= 4 is 0 Å². The highest BCUT2D eigenvalue weighted by Crippen LogP contribution is 2.08. The van der Waals surface area contributed by atoms with Gasteiger partial charge in [-0.25, -0.2) is 0 Å². The minimum absolute atomic E-state index is 0.918. The van der Waals surface area contributed by atoms with Gasteiger partial charge >= 0.3 is 0 Å². The van der Waals surface area contributed by atoms with Gasteiger partial charge in [0.15, 0.2) is 0 Å². The molecule has 0 amide bonds. The molecule has 0 aliphatic heterocycles. The zero-order valence-corrected chi connectivity index (χ0v) is 10.8. The molecule has 1 nitrogen and oxygen atoms in total. The molecule has 0 spiro atoms. The molecule has 0 aliphatic carbocycles. The van der Waals surface area contributed by atoms with E-state index in [1.165, 1.54) is 25.7 Å². The van der Waals surface area contributed by atoms with Crippen LogP contribution in [0, 0.1) is 0 Å². The van der Waals surface area contributed by atoms with Gasteiger partial charge in [-0.15, -0.1) is 0 Å². The topological polar surface area (TPSA) is 12.0 Å². The van der Waals surface area contributed by atoms with Gasteiger partial charge in [-0.2, -0.15) is 0 Å². The summed E-state index contributed by atoms with van der Waals surface area (Å²) in [7, 11) is 0. The summed E-state index contributed by atoms with van der Waals surface area (Å²) in [5.74, 6) is 0. The summed E-state index contributed by atoms with van der Waals surface area (Å²) >= 11 is 0. The first kappa shape index (κ1) is 14.8. The van der Waals surface area contributed by atoms with Crippen LogP contribution in [-0.4, -0.2) is 0 Å². The van der Waals surface area contributed by atoms with Crippen molar-refractivity contribution in [3.8, 4) is 0 Å². The van der Waals surface area contributed by atoms with Gasteiger partial charge in [0.1, 0.15) is 0 Å². The zero-order chi connectivity index (χ0) is 12.2. The Labute approximate surface area is 101 Å². The summed E-state index contributed by atoms with van der Waals surface area (Å²) in [5, 5.41) is 3.19. The third-order valence-electron chi connectivity index (χ3n) is 2.29. The van der Waals surface area contributed by atoms with Crippen LogP contribution in [0.1, 0.15) is 46.0 Å². The smallest absolute Gasteiger partial charge is 0.0305 e. The van der Waals surface area contributed by atoms with Crippen molar-refractivity contribution < 1.29 is 0 Å². The summed E-state index contributed by atoms with van der Waals surface area (Å²) in [6, 6.07) is 0. The Morgan fingerprint density at radius 2 is 1.81 bits per heavy atom. The van der Waals surface area contributed by atoms with Gasteiger partial charge < -0.3 is 5.32 Å². The van der Waals surface area contributed by atoms with Crippen LogP contribution in [0.15, 0.2) is 48.9 Å². The molecule has 0 aliphatic rings. The lowest BCUT2D eigenvalue weighted by atomic mass is 10.1. The molecule has 0 aromatic heterocycles. The molecule has 90 valence electrons. The highest BCUT2D eigenvalue weighted by atomic mass is 14.9. The van der Waals surface area contributed by atoms with Crippen LogP contribution in [0.5, 0.6) is 0 Å². The van der Waals surface area contributed by atoms with E-state index in [1.54, 1.807) is 0 Å². The molecule has 0 heterocycles. The molecule has 0 saturated carbocycles. The van der Waals surface area contributed by atoms with Gasteiger partial charge in [-0.05, 0) is 45.6 Å². The zero-order valence-electron chi connectivity index (χ0n) is 10.8. The second-order valence-electron chi connectivity index (χ2n) is 3.92. The molecule has 0 aromatic rings. The maximum atomic E-state index is 3.99. The molecule has 1 N–H and O–H groups in total. The average molecular weight is 219 g/mol. The highest BCUT2D eigenvalue weighted by Gasteiger charge is 1.94. The molecular weight excluding hydrogens is 194 g/mol. The van der Waals surface area contributed by atoms with E-state index in [4.69, 9.17) is 0 Å². The first-order valence-corrected chi connectivity index (χ1v) is 6.08. The van der Waals surface area contributed by atoms with E-state index in [-0.39, 0.29) is 0 Å². The van der Waals surface area contributed by atoms with Gasteiger partial charge in [-0.1, -0.05) is 37.8 Å². The van der Waals surface area contributed by atoms with Gasteiger partial charge in [0.2, 0.25) is 0 Å². The fourth-order valence-corrected chi connectivity index (χ4v) is 1.48. The van der Waals surface area contributed by atoms with Crippen molar-refractivity contribution in [3.05, 3.63) is 48.9 Å². The van der Waals surface area contributed by atoms with E-state index in [2.05, 4.69) is 37.6 Å². The Bertz CT molecular complexity index is 259. The van der Waals surface area contributed by atoms with Gasteiger partial charge in [0.05, 0.1) is 0 Å². The van der Waals surface area contributed by atoms with Crippen LogP contribution in [0.25, 0.3) is 0 Å². The summed E-state index contributed by atoms with van der Waals surface area (Å²) in [4.78, 5) is 0. The Morgan fingerprint density at radius 3 is 2.44 bits per heavy atom. The maximum absolute atomic E-state index is 3.99.